The molecule has 1 aliphatic heterocycles. The first kappa shape index (κ1) is 10.9. The number of methoxy groups -OCH3 is 1. The minimum absolute atomic E-state index is 0.0866. The van der Waals surface area contributed by atoms with Crippen LogP contribution in [0.4, 0.5) is 0 Å². The highest BCUT2D eigenvalue weighted by atomic mass is 32.2. The topological polar surface area (TPSA) is 63.6 Å². The normalized spacial score (nSPS) is 25.7. The molecule has 1 rings (SSSR count). The summed E-state index contributed by atoms with van der Waals surface area (Å²) in [6, 6.07) is 0. The van der Waals surface area contributed by atoms with Crippen LogP contribution in [0.1, 0.15) is 12.8 Å². The molecule has 5 heteroatoms. The number of ether oxygens (including phenoxy) is 1. The van der Waals surface area contributed by atoms with E-state index >= 15 is 0 Å². The van der Waals surface area contributed by atoms with E-state index in [2.05, 4.69) is 0 Å². The molecule has 1 heterocycles. The first-order valence-electron chi connectivity index (χ1n) is 4.42. The van der Waals surface area contributed by atoms with Gasteiger partial charge in [0.1, 0.15) is 9.84 Å². The van der Waals surface area contributed by atoms with Gasteiger partial charge in [0.25, 0.3) is 0 Å². The summed E-state index contributed by atoms with van der Waals surface area (Å²) in [6.45, 7) is 0.296. The van der Waals surface area contributed by atoms with Crippen LogP contribution in [0.2, 0.25) is 0 Å². The summed E-state index contributed by atoms with van der Waals surface area (Å²) < 4.78 is 26.9. The summed E-state index contributed by atoms with van der Waals surface area (Å²) in [4.78, 5) is 0. The molecule has 1 unspecified atom stereocenters. The van der Waals surface area contributed by atoms with Crippen molar-refractivity contribution in [3.8, 4) is 0 Å². The third-order valence-electron chi connectivity index (χ3n) is 2.48. The van der Waals surface area contributed by atoms with Gasteiger partial charge in [-0.3, -0.25) is 0 Å². The van der Waals surface area contributed by atoms with Crippen LogP contribution in [0.25, 0.3) is 0 Å². The monoisotopic (exact) mass is 208 g/mol. The highest BCUT2D eigenvalue weighted by molar-refractivity contribution is 7.91. The van der Waals surface area contributed by atoms with Crippen LogP contribution in [-0.4, -0.2) is 44.9 Å². The molecule has 4 nitrogen and oxygen atoms in total. The van der Waals surface area contributed by atoms with Crippen molar-refractivity contribution in [3.05, 3.63) is 0 Å². The van der Waals surface area contributed by atoms with Gasteiger partial charge in [-0.1, -0.05) is 0 Å². The Morgan fingerprint density at radius 1 is 1.46 bits per heavy atom. The minimum atomic E-state index is -2.82. The molecule has 0 amide bonds. The van der Waals surface area contributed by atoms with Gasteiger partial charge in [-0.2, -0.15) is 0 Å². The zero-order valence-corrected chi connectivity index (χ0v) is 8.59. The van der Waals surface area contributed by atoms with E-state index in [9.17, 15) is 13.5 Å². The summed E-state index contributed by atoms with van der Waals surface area (Å²) in [7, 11) is -1.29. The van der Waals surface area contributed by atoms with E-state index in [0.29, 0.717) is 19.4 Å². The SMILES string of the molecule is COCC(O)C1CCS(=O)(=O)CC1. The molecule has 1 atom stereocenters. The van der Waals surface area contributed by atoms with Crippen LogP contribution in [0, 0.1) is 5.92 Å². The van der Waals surface area contributed by atoms with Gasteiger partial charge in [-0.05, 0) is 18.8 Å². The van der Waals surface area contributed by atoms with Crippen molar-refractivity contribution in [1.29, 1.82) is 0 Å². The summed E-state index contributed by atoms with van der Waals surface area (Å²) in [5.41, 5.74) is 0. The molecule has 78 valence electrons. The van der Waals surface area contributed by atoms with Crippen LogP contribution < -0.4 is 0 Å². The molecule has 0 aromatic heterocycles. The largest absolute Gasteiger partial charge is 0.390 e. The smallest absolute Gasteiger partial charge is 0.150 e. The molecule has 1 fully saturated rings. The van der Waals surface area contributed by atoms with E-state index < -0.39 is 15.9 Å². The molecular formula is C8H16O4S. The Morgan fingerprint density at radius 3 is 2.46 bits per heavy atom. The lowest BCUT2D eigenvalue weighted by Gasteiger charge is -2.25. The van der Waals surface area contributed by atoms with Crippen molar-refractivity contribution < 1.29 is 18.3 Å². The maximum absolute atomic E-state index is 11.1. The van der Waals surface area contributed by atoms with Crippen molar-refractivity contribution in [2.75, 3.05) is 25.2 Å². The fourth-order valence-electron chi connectivity index (χ4n) is 1.60. The van der Waals surface area contributed by atoms with Gasteiger partial charge in [0.05, 0.1) is 24.2 Å². The molecule has 0 aromatic carbocycles. The lowest BCUT2D eigenvalue weighted by Crippen LogP contribution is -2.33. The summed E-state index contributed by atoms with van der Waals surface area (Å²) in [5.74, 6) is 0.500. The van der Waals surface area contributed by atoms with Crippen LogP contribution in [-0.2, 0) is 14.6 Å². The Kier molecular flexibility index (Phi) is 3.70. The quantitative estimate of drug-likeness (QED) is 0.698. The molecule has 1 saturated heterocycles. The van der Waals surface area contributed by atoms with E-state index in [1.807, 2.05) is 0 Å². The maximum Gasteiger partial charge on any atom is 0.150 e. The van der Waals surface area contributed by atoms with E-state index in [4.69, 9.17) is 4.74 Å². The van der Waals surface area contributed by atoms with Crippen LogP contribution in [0.15, 0.2) is 0 Å². The highest BCUT2D eigenvalue weighted by Gasteiger charge is 2.28. The second-order valence-electron chi connectivity index (χ2n) is 3.51. The number of hydrogen-bond donors (Lipinski definition) is 1. The van der Waals surface area contributed by atoms with Crippen LogP contribution in [0.5, 0.6) is 0 Å². The summed E-state index contributed by atoms with van der Waals surface area (Å²) >= 11 is 0. The van der Waals surface area contributed by atoms with E-state index in [1.54, 1.807) is 0 Å². The van der Waals surface area contributed by atoms with Gasteiger partial charge in [0.15, 0.2) is 0 Å². The Balaban J connectivity index is 2.40. The Hall–Kier alpha value is -0.130. The van der Waals surface area contributed by atoms with E-state index in [0.717, 1.165) is 0 Å². The lowest BCUT2D eigenvalue weighted by molar-refractivity contribution is 0.0222. The second-order valence-corrected chi connectivity index (χ2v) is 5.82. The third-order valence-corrected chi connectivity index (χ3v) is 4.20. The average Bonchev–Trinajstić information content (AvgIpc) is 2.04. The number of rotatable bonds is 3. The number of sulfone groups is 1. The average molecular weight is 208 g/mol. The highest BCUT2D eigenvalue weighted by Crippen LogP contribution is 2.22. The van der Waals surface area contributed by atoms with Crippen molar-refractivity contribution in [2.45, 2.75) is 18.9 Å². The van der Waals surface area contributed by atoms with Gasteiger partial charge >= 0.3 is 0 Å². The second kappa shape index (κ2) is 4.39. The molecular weight excluding hydrogens is 192 g/mol. The van der Waals surface area contributed by atoms with Crippen LogP contribution in [0.3, 0.4) is 0 Å². The van der Waals surface area contributed by atoms with Crippen molar-refractivity contribution in [2.24, 2.45) is 5.92 Å². The van der Waals surface area contributed by atoms with E-state index in [1.165, 1.54) is 7.11 Å². The molecule has 0 aliphatic carbocycles. The minimum Gasteiger partial charge on any atom is -0.390 e. The molecule has 0 radical (unpaired) electrons. The molecule has 1 aliphatic rings. The Morgan fingerprint density at radius 2 is 2.00 bits per heavy atom. The molecule has 0 bridgehead atoms. The molecule has 0 saturated carbocycles. The first-order chi connectivity index (χ1) is 6.05. The number of aliphatic hydroxyl groups excluding tert-OH is 1. The molecule has 0 spiro atoms. The number of aliphatic hydroxyl groups is 1. The Bertz CT molecular complexity index is 233. The van der Waals surface area contributed by atoms with Crippen molar-refractivity contribution >= 4 is 9.84 Å². The zero-order chi connectivity index (χ0) is 9.90. The Labute approximate surface area is 78.8 Å². The predicted molar refractivity (Wildman–Crippen MR) is 49.3 cm³/mol. The third kappa shape index (κ3) is 3.25. The lowest BCUT2D eigenvalue weighted by atomic mass is 9.97. The standard InChI is InChI=1S/C8H16O4S/c1-12-6-8(9)7-2-4-13(10,11)5-3-7/h7-9H,2-6H2,1H3. The van der Waals surface area contributed by atoms with Crippen molar-refractivity contribution in [3.63, 3.8) is 0 Å². The first-order valence-corrected chi connectivity index (χ1v) is 6.25. The molecule has 13 heavy (non-hydrogen) atoms. The van der Waals surface area contributed by atoms with Gasteiger partial charge < -0.3 is 9.84 Å². The van der Waals surface area contributed by atoms with Gasteiger partial charge in [0.2, 0.25) is 0 Å². The molecule has 0 aromatic rings. The maximum atomic E-state index is 11.1. The van der Waals surface area contributed by atoms with E-state index in [-0.39, 0.29) is 17.4 Å². The van der Waals surface area contributed by atoms with Gasteiger partial charge in [-0.25, -0.2) is 8.42 Å². The fourth-order valence-corrected chi connectivity index (χ4v) is 3.13. The molecule has 1 N–H and O–H groups in total. The predicted octanol–water partition coefficient (Wildman–Crippen LogP) is -0.181. The fraction of sp³-hybridized carbons (Fsp3) is 1.00. The zero-order valence-electron chi connectivity index (χ0n) is 7.77. The van der Waals surface area contributed by atoms with Crippen molar-refractivity contribution in [1.82, 2.24) is 0 Å². The van der Waals surface area contributed by atoms with Gasteiger partial charge in [-0.15, -0.1) is 0 Å². The summed E-state index contributed by atoms with van der Waals surface area (Å²) in [5, 5.41) is 9.52. The van der Waals surface area contributed by atoms with Crippen LogP contribution >= 0.6 is 0 Å². The number of hydrogen-bond acceptors (Lipinski definition) is 4. The summed E-state index contributed by atoms with van der Waals surface area (Å²) in [6.07, 6.45) is 0.611. The van der Waals surface area contributed by atoms with Gasteiger partial charge in [0, 0.05) is 7.11 Å².